The van der Waals surface area contributed by atoms with Gasteiger partial charge >= 0.3 is 0 Å². The summed E-state index contributed by atoms with van der Waals surface area (Å²) in [6.07, 6.45) is 5.65. The number of rotatable bonds is 3. The molecule has 1 aromatic heterocycles. The van der Waals surface area contributed by atoms with Gasteiger partial charge in [0.15, 0.2) is 0 Å². The molecule has 1 aliphatic heterocycles. The molecule has 1 aromatic carbocycles. The Kier molecular flexibility index (Phi) is 3.86. The SMILES string of the molecule is CC(NC(=O)c1ccc2c(c1)CCCN2)c1cccnc1. The maximum absolute atomic E-state index is 12.4. The molecular formula is C17H19N3O. The minimum absolute atomic E-state index is 0.0419. The molecule has 0 radical (unpaired) electrons. The van der Waals surface area contributed by atoms with Gasteiger partial charge in [-0.2, -0.15) is 0 Å². The fraction of sp³-hybridized carbons (Fsp3) is 0.294. The molecule has 0 saturated heterocycles. The van der Waals surface area contributed by atoms with Crippen LogP contribution in [0.25, 0.3) is 0 Å². The van der Waals surface area contributed by atoms with E-state index in [9.17, 15) is 4.79 Å². The summed E-state index contributed by atoms with van der Waals surface area (Å²) in [5.41, 5.74) is 4.10. The Morgan fingerprint density at radius 1 is 1.38 bits per heavy atom. The molecule has 1 unspecified atom stereocenters. The third-order valence-electron chi connectivity index (χ3n) is 3.84. The van der Waals surface area contributed by atoms with Crippen LogP contribution in [0.15, 0.2) is 42.7 Å². The van der Waals surface area contributed by atoms with E-state index in [0.29, 0.717) is 5.56 Å². The van der Waals surface area contributed by atoms with Crippen molar-refractivity contribution in [2.75, 3.05) is 11.9 Å². The molecule has 0 fully saturated rings. The summed E-state index contributed by atoms with van der Waals surface area (Å²) in [5, 5.41) is 6.38. The van der Waals surface area contributed by atoms with Crippen molar-refractivity contribution in [2.45, 2.75) is 25.8 Å². The van der Waals surface area contributed by atoms with Crippen molar-refractivity contribution < 1.29 is 4.79 Å². The van der Waals surface area contributed by atoms with Crippen LogP contribution in [0.2, 0.25) is 0 Å². The van der Waals surface area contributed by atoms with Gasteiger partial charge < -0.3 is 10.6 Å². The molecule has 4 nitrogen and oxygen atoms in total. The van der Waals surface area contributed by atoms with Crippen molar-refractivity contribution in [3.05, 3.63) is 59.4 Å². The van der Waals surface area contributed by atoms with E-state index in [2.05, 4.69) is 15.6 Å². The standard InChI is InChI=1S/C17H19N3O/c1-12(15-5-2-8-18-11-15)20-17(21)14-6-7-16-13(10-14)4-3-9-19-16/h2,5-8,10-12,19H,3-4,9H2,1H3,(H,20,21). The minimum atomic E-state index is -0.0552. The monoisotopic (exact) mass is 281 g/mol. The lowest BCUT2D eigenvalue weighted by Gasteiger charge is -2.19. The highest BCUT2D eigenvalue weighted by molar-refractivity contribution is 5.95. The van der Waals surface area contributed by atoms with Gasteiger partial charge in [0.2, 0.25) is 0 Å². The van der Waals surface area contributed by atoms with Gasteiger partial charge in [-0.1, -0.05) is 6.07 Å². The van der Waals surface area contributed by atoms with Crippen molar-refractivity contribution in [2.24, 2.45) is 0 Å². The molecule has 108 valence electrons. The van der Waals surface area contributed by atoms with Crippen molar-refractivity contribution in [3.8, 4) is 0 Å². The zero-order valence-corrected chi connectivity index (χ0v) is 12.1. The molecule has 2 aromatic rings. The number of anilines is 1. The first-order valence-corrected chi connectivity index (χ1v) is 7.31. The number of carbonyl (C=O) groups excluding carboxylic acids is 1. The number of nitrogens with one attached hydrogen (secondary N) is 2. The van der Waals surface area contributed by atoms with Crippen LogP contribution in [0.5, 0.6) is 0 Å². The fourth-order valence-corrected chi connectivity index (χ4v) is 2.61. The minimum Gasteiger partial charge on any atom is -0.385 e. The normalized spacial score (nSPS) is 14.7. The predicted octanol–water partition coefficient (Wildman–Crippen LogP) is 2.93. The van der Waals surface area contributed by atoms with Gasteiger partial charge in [0.05, 0.1) is 6.04 Å². The van der Waals surface area contributed by atoms with Gasteiger partial charge in [0.25, 0.3) is 5.91 Å². The zero-order chi connectivity index (χ0) is 14.7. The average molecular weight is 281 g/mol. The summed E-state index contributed by atoms with van der Waals surface area (Å²) in [5.74, 6) is -0.0419. The van der Waals surface area contributed by atoms with Crippen LogP contribution in [0.1, 0.15) is 40.9 Å². The van der Waals surface area contributed by atoms with Gasteiger partial charge in [-0.15, -0.1) is 0 Å². The highest BCUT2D eigenvalue weighted by Crippen LogP contribution is 2.23. The molecule has 4 heteroatoms. The molecule has 21 heavy (non-hydrogen) atoms. The van der Waals surface area contributed by atoms with Crippen LogP contribution in [-0.4, -0.2) is 17.4 Å². The van der Waals surface area contributed by atoms with E-state index >= 15 is 0 Å². The fourth-order valence-electron chi connectivity index (χ4n) is 2.61. The van der Waals surface area contributed by atoms with Crippen LogP contribution in [0.4, 0.5) is 5.69 Å². The summed E-state index contributed by atoms with van der Waals surface area (Å²) < 4.78 is 0. The third-order valence-corrected chi connectivity index (χ3v) is 3.84. The van der Waals surface area contributed by atoms with Crippen molar-refractivity contribution >= 4 is 11.6 Å². The molecule has 0 saturated carbocycles. The number of nitrogens with zero attached hydrogens (tertiary/aromatic N) is 1. The van der Waals surface area contributed by atoms with Gasteiger partial charge in [-0.25, -0.2) is 0 Å². The lowest BCUT2D eigenvalue weighted by atomic mass is 10.0. The Labute approximate surface area is 124 Å². The number of carbonyl (C=O) groups is 1. The number of fused-ring (bicyclic) bond motifs is 1. The quantitative estimate of drug-likeness (QED) is 0.909. The molecular weight excluding hydrogens is 262 g/mol. The average Bonchev–Trinajstić information content (AvgIpc) is 2.55. The lowest BCUT2D eigenvalue weighted by molar-refractivity contribution is 0.0940. The van der Waals surface area contributed by atoms with Gasteiger partial charge in [-0.3, -0.25) is 9.78 Å². The third kappa shape index (κ3) is 3.05. The molecule has 1 aliphatic rings. The second-order valence-corrected chi connectivity index (χ2v) is 5.38. The first-order chi connectivity index (χ1) is 10.2. The summed E-state index contributed by atoms with van der Waals surface area (Å²) in [4.78, 5) is 16.4. The van der Waals surface area contributed by atoms with Gasteiger partial charge in [-0.05, 0) is 55.2 Å². The smallest absolute Gasteiger partial charge is 0.251 e. The molecule has 1 atom stereocenters. The number of amides is 1. The van der Waals surface area contributed by atoms with E-state index in [1.165, 1.54) is 5.56 Å². The largest absolute Gasteiger partial charge is 0.385 e. The number of pyridine rings is 1. The molecule has 0 spiro atoms. The number of hydrogen-bond acceptors (Lipinski definition) is 3. The second-order valence-electron chi connectivity index (χ2n) is 5.38. The lowest BCUT2D eigenvalue weighted by Crippen LogP contribution is -2.27. The number of hydrogen-bond donors (Lipinski definition) is 2. The van der Waals surface area contributed by atoms with E-state index in [-0.39, 0.29) is 11.9 Å². The first-order valence-electron chi connectivity index (χ1n) is 7.31. The van der Waals surface area contributed by atoms with E-state index in [4.69, 9.17) is 0 Å². The Bertz CT molecular complexity index is 640. The second kappa shape index (κ2) is 5.95. The predicted molar refractivity (Wildman–Crippen MR) is 83.4 cm³/mol. The molecule has 2 N–H and O–H groups in total. The number of aromatic nitrogens is 1. The molecule has 3 rings (SSSR count). The topological polar surface area (TPSA) is 54.0 Å². The van der Waals surface area contributed by atoms with Crippen LogP contribution >= 0.6 is 0 Å². The Balaban J connectivity index is 1.73. The Morgan fingerprint density at radius 2 is 2.29 bits per heavy atom. The van der Waals surface area contributed by atoms with Gasteiger partial charge in [0.1, 0.15) is 0 Å². The van der Waals surface area contributed by atoms with Gasteiger partial charge in [0, 0.05) is 30.2 Å². The molecule has 1 amide bonds. The summed E-state index contributed by atoms with van der Waals surface area (Å²) >= 11 is 0. The van der Waals surface area contributed by atoms with Crippen molar-refractivity contribution in [3.63, 3.8) is 0 Å². The zero-order valence-electron chi connectivity index (χ0n) is 12.1. The highest BCUT2D eigenvalue weighted by Gasteiger charge is 2.14. The van der Waals surface area contributed by atoms with Crippen LogP contribution in [0.3, 0.4) is 0 Å². The molecule has 0 bridgehead atoms. The van der Waals surface area contributed by atoms with E-state index in [1.807, 2.05) is 37.3 Å². The number of benzene rings is 1. The van der Waals surface area contributed by atoms with Crippen LogP contribution in [-0.2, 0) is 6.42 Å². The van der Waals surface area contributed by atoms with Crippen LogP contribution in [0, 0.1) is 0 Å². The summed E-state index contributed by atoms with van der Waals surface area (Å²) in [6, 6.07) is 9.66. The highest BCUT2D eigenvalue weighted by atomic mass is 16.1. The summed E-state index contributed by atoms with van der Waals surface area (Å²) in [6.45, 7) is 2.98. The summed E-state index contributed by atoms with van der Waals surface area (Å²) in [7, 11) is 0. The first kappa shape index (κ1) is 13.6. The maximum atomic E-state index is 12.4. The molecule has 0 aliphatic carbocycles. The molecule has 2 heterocycles. The van der Waals surface area contributed by atoms with Crippen LogP contribution < -0.4 is 10.6 Å². The van der Waals surface area contributed by atoms with E-state index in [0.717, 1.165) is 30.6 Å². The van der Waals surface area contributed by atoms with E-state index in [1.54, 1.807) is 12.4 Å². The van der Waals surface area contributed by atoms with Crippen molar-refractivity contribution in [1.29, 1.82) is 0 Å². The maximum Gasteiger partial charge on any atom is 0.251 e. The van der Waals surface area contributed by atoms with Crippen molar-refractivity contribution in [1.82, 2.24) is 10.3 Å². The Morgan fingerprint density at radius 3 is 3.10 bits per heavy atom. The van der Waals surface area contributed by atoms with E-state index < -0.39 is 0 Å². The number of aryl methyl sites for hydroxylation is 1. The Hall–Kier alpha value is -2.36.